The molecule has 0 amide bonds. The summed E-state index contributed by atoms with van der Waals surface area (Å²) in [5.41, 5.74) is 7.01. The molecule has 1 aromatic carbocycles. The van der Waals surface area contributed by atoms with Crippen LogP contribution in [0.1, 0.15) is 45.4 Å². The van der Waals surface area contributed by atoms with Crippen LogP contribution in [0.2, 0.25) is 0 Å². The lowest BCUT2D eigenvalue weighted by molar-refractivity contribution is 0.689. The molecule has 0 radical (unpaired) electrons. The van der Waals surface area contributed by atoms with Gasteiger partial charge in [0.2, 0.25) is 0 Å². The number of anilines is 1. The Morgan fingerprint density at radius 3 is 2.43 bits per heavy atom. The van der Waals surface area contributed by atoms with Gasteiger partial charge in [0, 0.05) is 40.3 Å². The van der Waals surface area contributed by atoms with Gasteiger partial charge in [0.15, 0.2) is 0 Å². The highest BCUT2D eigenvalue weighted by Gasteiger charge is 2.30. The van der Waals surface area contributed by atoms with Gasteiger partial charge >= 0.3 is 0 Å². The molecule has 4 heteroatoms. The van der Waals surface area contributed by atoms with Crippen molar-refractivity contribution < 1.29 is 0 Å². The number of rotatable bonds is 9. The van der Waals surface area contributed by atoms with E-state index >= 15 is 0 Å². The van der Waals surface area contributed by atoms with E-state index in [2.05, 4.69) is 79.6 Å². The van der Waals surface area contributed by atoms with Gasteiger partial charge in [0.05, 0.1) is 17.6 Å². The lowest BCUT2D eigenvalue weighted by atomic mass is 9.78. The van der Waals surface area contributed by atoms with Gasteiger partial charge in [0.1, 0.15) is 0 Å². The molecule has 2 heterocycles. The maximum absolute atomic E-state index is 4.68. The van der Waals surface area contributed by atoms with Crippen LogP contribution >= 0.6 is 11.8 Å². The summed E-state index contributed by atoms with van der Waals surface area (Å²) >= 11 is 1.85. The number of thioether (sulfide) groups is 1. The highest BCUT2D eigenvalue weighted by Crippen LogP contribution is 2.37. The fraction of sp³-hybridized carbons (Fsp3) is 0.308. The molecule has 3 nitrogen and oxygen atoms in total. The highest BCUT2D eigenvalue weighted by molar-refractivity contribution is 7.99. The lowest BCUT2D eigenvalue weighted by Gasteiger charge is -2.27. The predicted octanol–water partition coefficient (Wildman–Crippen LogP) is 7.15. The fourth-order valence-corrected chi connectivity index (χ4v) is 4.11. The molecule has 3 rings (SSSR count). The maximum atomic E-state index is 4.68. The number of aromatic nitrogens is 1. The molecule has 0 atom stereocenters. The van der Waals surface area contributed by atoms with Crippen LogP contribution in [-0.4, -0.2) is 16.4 Å². The number of hydrogen-bond donors (Lipinski definition) is 1. The molecule has 1 aromatic heterocycles. The molecule has 0 fully saturated rings. The third-order valence-electron chi connectivity index (χ3n) is 5.42. The Labute approximate surface area is 185 Å². The van der Waals surface area contributed by atoms with E-state index in [1.165, 1.54) is 10.5 Å². The average molecular weight is 418 g/mol. The van der Waals surface area contributed by atoms with Crippen LogP contribution in [0.5, 0.6) is 0 Å². The van der Waals surface area contributed by atoms with E-state index in [4.69, 9.17) is 0 Å². The molecule has 30 heavy (non-hydrogen) atoms. The summed E-state index contributed by atoms with van der Waals surface area (Å²) in [6.45, 7) is 17.0. The molecule has 156 valence electrons. The molecule has 2 aromatic rings. The first-order valence-electron chi connectivity index (χ1n) is 10.4. The van der Waals surface area contributed by atoms with Crippen molar-refractivity contribution in [2.45, 2.75) is 45.4 Å². The van der Waals surface area contributed by atoms with Crippen molar-refractivity contribution in [3.63, 3.8) is 0 Å². The number of nitrogens with one attached hydrogen (secondary N) is 1. The van der Waals surface area contributed by atoms with E-state index in [0.717, 1.165) is 52.7 Å². The van der Waals surface area contributed by atoms with Crippen LogP contribution < -0.4 is 5.32 Å². The van der Waals surface area contributed by atoms with Crippen LogP contribution in [0.15, 0.2) is 83.1 Å². The third-order valence-corrected chi connectivity index (χ3v) is 6.32. The third kappa shape index (κ3) is 5.31. The highest BCUT2D eigenvalue weighted by atomic mass is 32.2. The quantitative estimate of drug-likeness (QED) is 0.440. The topological polar surface area (TPSA) is 37.3 Å². The van der Waals surface area contributed by atoms with Gasteiger partial charge in [0.25, 0.3) is 0 Å². The van der Waals surface area contributed by atoms with Crippen molar-refractivity contribution in [1.29, 1.82) is 0 Å². The summed E-state index contributed by atoms with van der Waals surface area (Å²) in [7, 11) is 0. The van der Waals surface area contributed by atoms with Crippen molar-refractivity contribution in [3.05, 3.63) is 84.5 Å². The normalized spacial score (nSPS) is 13.6. The zero-order valence-corrected chi connectivity index (χ0v) is 19.3. The summed E-state index contributed by atoms with van der Waals surface area (Å²) in [5, 5.41) is 3.37. The van der Waals surface area contributed by atoms with Gasteiger partial charge in [-0.05, 0) is 48.1 Å². The smallest absolute Gasteiger partial charge is 0.0666 e. The molecule has 1 N–H and O–H groups in total. The van der Waals surface area contributed by atoms with E-state index < -0.39 is 0 Å². The Kier molecular flexibility index (Phi) is 6.99. The van der Waals surface area contributed by atoms with Crippen LogP contribution in [0.4, 0.5) is 5.69 Å². The van der Waals surface area contributed by atoms with Gasteiger partial charge < -0.3 is 5.32 Å². The molecule has 0 saturated heterocycles. The number of aliphatic imine (C=N–C) groups is 1. The zero-order chi connectivity index (χ0) is 21.7. The second-order valence-electron chi connectivity index (χ2n) is 8.13. The van der Waals surface area contributed by atoms with E-state index in [1.807, 2.05) is 37.0 Å². The summed E-state index contributed by atoms with van der Waals surface area (Å²) in [5.74, 6) is 1.09. The predicted molar refractivity (Wildman–Crippen MR) is 132 cm³/mol. The summed E-state index contributed by atoms with van der Waals surface area (Å²) in [4.78, 5) is 10.6. The second-order valence-corrected chi connectivity index (χ2v) is 9.46. The molecular formula is C26H31N3S. The number of benzene rings is 1. The Bertz CT molecular complexity index is 980. The summed E-state index contributed by atoms with van der Waals surface area (Å²) < 4.78 is 0. The molecular weight excluding hydrogens is 386 g/mol. The first-order chi connectivity index (χ1) is 14.3. The van der Waals surface area contributed by atoms with Crippen molar-refractivity contribution in [3.8, 4) is 0 Å². The van der Waals surface area contributed by atoms with E-state index in [0.29, 0.717) is 0 Å². The molecule has 0 spiro atoms. The Balaban J connectivity index is 1.60. The SMILES string of the molecule is C=C(Cc1ccc(SCC)cc1)Nc1ccc(C(=C)C(C)(C)C2=NC(C)=CC2)nc1. The van der Waals surface area contributed by atoms with Crippen LogP contribution in [0, 0.1) is 5.41 Å². The maximum Gasteiger partial charge on any atom is 0.0666 e. The van der Waals surface area contributed by atoms with Crippen molar-refractivity contribution in [2.75, 3.05) is 11.1 Å². The monoisotopic (exact) mass is 417 g/mol. The van der Waals surface area contributed by atoms with Crippen molar-refractivity contribution in [1.82, 2.24) is 4.98 Å². The Morgan fingerprint density at radius 2 is 1.87 bits per heavy atom. The Hall–Kier alpha value is -2.59. The largest absolute Gasteiger partial charge is 0.358 e. The van der Waals surface area contributed by atoms with Crippen LogP contribution in [-0.2, 0) is 6.42 Å². The van der Waals surface area contributed by atoms with Gasteiger partial charge in [-0.1, -0.05) is 52.1 Å². The minimum Gasteiger partial charge on any atom is -0.358 e. The number of pyridine rings is 1. The molecule has 1 aliphatic rings. The molecule has 1 aliphatic heterocycles. The fourth-order valence-electron chi connectivity index (χ4n) is 3.45. The van der Waals surface area contributed by atoms with Gasteiger partial charge in [-0.25, -0.2) is 0 Å². The average Bonchev–Trinajstić information content (AvgIpc) is 3.17. The van der Waals surface area contributed by atoms with Crippen molar-refractivity contribution >= 4 is 28.7 Å². The molecule has 0 saturated carbocycles. The van der Waals surface area contributed by atoms with Crippen LogP contribution in [0.3, 0.4) is 0 Å². The minimum absolute atomic E-state index is 0.220. The molecule has 0 bridgehead atoms. The standard InChI is InChI=1S/C26H31N3S/c1-7-30-23-12-9-21(10-13-23)16-19(3)28-22-11-14-24(27-17-22)20(4)26(5,6)25-15-8-18(2)29-25/h8-14,17,28H,3-4,7,15-16H2,1-2,5-6H3. The molecule has 0 aliphatic carbocycles. The second kappa shape index (κ2) is 9.48. The van der Waals surface area contributed by atoms with Gasteiger partial charge in [-0.15, -0.1) is 11.8 Å². The summed E-state index contributed by atoms with van der Waals surface area (Å²) in [6, 6.07) is 12.7. The first-order valence-corrected chi connectivity index (χ1v) is 11.3. The first kappa shape index (κ1) is 22.1. The molecule has 0 unspecified atom stereocenters. The van der Waals surface area contributed by atoms with E-state index in [9.17, 15) is 0 Å². The Morgan fingerprint density at radius 1 is 1.13 bits per heavy atom. The minimum atomic E-state index is -0.220. The number of nitrogens with zero attached hydrogens (tertiary/aromatic N) is 2. The van der Waals surface area contributed by atoms with Crippen molar-refractivity contribution in [2.24, 2.45) is 10.4 Å². The van der Waals surface area contributed by atoms with Gasteiger partial charge in [-0.3, -0.25) is 9.98 Å². The van der Waals surface area contributed by atoms with E-state index in [1.54, 1.807) is 0 Å². The zero-order valence-electron chi connectivity index (χ0n) is 18.5. The lowest BCUT2D eigenvalue weighted by Crippen LogP contribution is -2.24. The van der Waals surface area contributed by atoms with Crippen LogP contribution in [0.25, 0.3) is 5.57 Å². The summed E-state index contributed by atoms with van der Waals surface area (Å²) in [6.07, 6.45) is 5.68. The number of hydrogen-bond acceptors (Lipinski definition) is 4. The van der Waals surface area contributed by atoms with Gasteiger partial charge in [-0.2, -0.15) is 0 Å². The van der Waals surface area contributed by atoms with E-state index in [-0.39, 0.29) is 5.41 Å². The number of allylic oxidation sites excluding steroid dienone is 4.